The van der Waals surface area contributed by atoms with Gasteiger partial charge in [0.15, 0.2) is 0 Å². The van der Waals surface area contributed by atoms with E-state index in [0.29, 0.717) is 5.92 Å². The molecule has 0 fully saturated rings. The quantitative estimate of drug-likeness (QED) is 0.597. The van der Waals surface area contributed by atoms with Crippen LogP contribution in [0.1, 0.15) is 58.6 Å². The number of aryl methyl sites for hydroxylation is 1. The third kappa shape index (κ3) is 5.36. The SMILES string of the molecule is CCc1ccc(OCCC(C)CCCl)c(C(C)(C)C)c1. The van der Waals surface area contributed by atoms with Crippen LogP contribution in [-0.2, 0) is 11.8 Å². The fourth-order valence-electron chi connectivity index (χ4n) is 2.21. The van der Waals surface area contributed by atoms with Crippen LogP contribution in [0.5, 0.6) is 5.75 Å². The molecule has 0 saturated heterocycles. The summed E-state index contributed by atoms with van der Waals surface area (Å²) in [6, 6.07) is 6.59. The third-order valence-electron chi connectivity index (χ3n) is 3.73. The zero-order valence-electron chi connectivity index (χ0n) is 13.6. The van der Waals surface area contributed by atoms with Crippen molar-refractivity contribution in [1.29, 1.82) is 0 Å². The summed E-state index contributed by atoms with van der Waals surface area (Å²) in [5.74, 6) is 2.40. The Bertz CT molecular complexity index is 406. The fourth-order valence-corrected chi connectivity index (χ4v) is 2.58. The lowest BCUT2D eigenvalue weighted by Crippen LogP contribution is -2.15. The topological polar surface area (TPSA) is 9.23 Å². The number of benzene rings is 1. The first-order valence-corrected chi connectivity index (χ1v) is 8.24. The molecule has 0 aromatic heterocycles. The van der Waals surface area contributed by atoms with Crippen LogP contribution >= 0.6 is 11.6 Å². The molecule has 0 aliphatic rings. The second kappa shape index (κ2) is 7.93. The van der Waals surface area contributed by atoms with Crippen LogP contribution in [0.4, 0.5) is 0 Å². The van der Waals surface area contributed by atoms with Gasteiger partial charge >= 0.3 is 0 Å². The molecule has 2 heteroatoms. The second-order valence-corrected chi connectivity index (χ2v) is 7.03. The lowest BCUT2D eigenvalue weighted by molar-refractivity contribution is 0.276. The largest absolute Gasteiger partial charge is 0.493 e. The van der Waals surface area contributed by atoms with E-state index >= 15 is 0 Å². The molecular weight excluding hydrogens is 268 g/mol. The van der Waals surface area contributed by atoms with Crippen LogP contribution in [-0.4, -0.2) is 12.5 Å². The van der Waals surface area contributed by atoms with E-state index < -0.39 is 0 Å². The summed E-state index contributed by atoms with van der Waals surface area (Å²) < 4.78 is 6.04. The zero-order chi connectivity index (χ0) is 15.2. The minimum Gasteiger partial charge on any atom is -0.493 e. The minimum absolute atomic E-state index is 0.113. The van der Waals surface area contributed by atoms with Crippen LogP contribution < -0.4 is 4.74 Å². The van der Waals surface area contributed by atoms with Gasteiger partial charge in [0.1, 0.15) is 5.75 Å². The first-order valence-electron chi connectivity index (χ1n) is 7.70. The van der Waals surface area contributed by atoms with Crippen LogP contribution in [0.15, 0.2) is 18.2 Å². The number of ether oxygens (including phenoxy) is 1. The predicted octanol–water partition coefficient (Wildman–Crippen LogP) is 5.58. The maximum Gasteiger partial charge on any atom is 0.123 e. The van der Waals surface area contributed by atoms with Crippen molar-refractivity contribution in [2.45, 2.75) is 59.3 Å². The Hall–Kier alpha value is -0.690. The molecule has 1 atom stereocenters. The highest BCUT2D eigenvalue weighted by atomic mass is 35.5. The van der Waals surface area contributed by atoms with Gasteiger partial charge < -0.3 is 4.74 Å². The summed E-state index contributed by atoms with van der Waals surface area (Å²) in [7, 11) is 0. The molecule has 1 nitrogen and oxygen atoms in total. The first kappa shape index (κ1) is 17.4. The normalized spacial score (nSPS) is 13.3. The van der Waals surface area contributed by atoms with E-state index in [2.05, 4.69) is 52.8 Å². The molecule has 1 unspecified atom stereocenters. The third-order valence-corrected chi connectivity index (χ3v) is 3.95. The van der Waals surface area contributed by atoms with Gasteiger partial charge in [-0.25, -0.2) is 0 Å². The lowest BCUT2D eigenvalue weighted by Gasteiger charge is -2.24. The van der Waals surface area contributed by atoms with Crippen molar-refractivity contribution in [3.63, 3.8) is 0 Å². The Labute approximate surface area is 129 Å². The van der Waals surface area contributed by atoms with E-state index in [1.54, 1.807) is 0 Å². The fraction of sp³-hybridized carbons (Fsp3) is 0.667. The van der Waals surface area contributed by atoms with E-state index in [1.165, 1.54) is 11.1 Å². The molecule has 0 heterocycles. The van der Waals surface area contributed by atoms with Gasteiger partial charge in [-0.15, -0.1) is 11.6 Å². The van der Waals surface area contributed by atoms with Gasteiger partial charge in [0.2, 0.25) is 0 Å². The molecule has 0 spiro atoms. The molecule has 1 aromatic rings. The van der Waals surface area contributed by atoms with Crippen molar-refractivity contribution in [3.8, 4) is 5.75 Å². The number of hydrogen-bond donors (Lipinski definition) is 0. The summed E-state index contributed by atoms with van der Waals surface area (Å²) >= 11 is 5.77. The molecule has 1 rings (SSSR count). The summed E-state index contributed by atoms with van der Waals surface area (Å²) in [4.78, 5) is 0. The molecule has 20 heavy (non-hydrogen) atoms. The first-order chi connectivity index (χ1) is 9.38. The zero-order valence-corrected chi connectivity index (χ0v) is 14.4. The van der Waals surface area contributed by atoms with Gasteiger partial charge in [0.05, 0.1) is 6.61 Å². The van der Waals surface area contributed by atoms with Crippen LogP contribution in [0.3, 0.4) is 0 Å². The molecule has 0 amide bonds. The average Bonchev–Trinajstić information content (AvgIpc) is 2.38. The van der Waals surface area contributed by atoms with Crippen molar-refractivity contribution >= 4 is 11.6 Å². The molecular formula is C18H29ClO. The van der Waals surface area contributed by atoms with Gasteiger partial charge in [-0.2, -0.15) is 0 Å². The molecule has 0 saturated carbocycles. The Morgan fingerprint density at radius 2 is 1.90 bits per heavy atom. The minimum atomic E-state index is 0.113. The lowest BCUT2D eigenvalue weighted by atomic mass is 9.85. The molecule has 0 aliphatic heterocycles. The van der Waals surface area contributed by atoms with E-state index in [0.717, 1.165) is 37.5 Å². The molecule has 0 N–H and O–H groups in total. The van der Waals surface area contributed by atoms with Gasteiger partial charge in [0, 0.05) is 5.88 Å². The number of rotatable bonds is 7. The molecule has 114 valence electrons. The second-order valence-electron chi connectivity index (χ2n) is 6.65. The van der Waals surface area contributed by atoms with Gasteiger partial charge in [-0.3, -0.25) is 0 Å². The summed E-state index contributed by atoms with van der Waals surface area (Å²) in [5, 5.41) is 0. The Morgan fingerprint density at radius 3 is 2.45 bits per heavy atom. The maximum atomic E-state index is 6.04. The Balaban J connectivity index is 2.74. The Morgan fingerprint density at radius 1 is 1.20 bits per heavy atom. The predicted molar refractivity (Wildman–Crippen MR) is 89.1 cm³/mol. The van der Waals surface area contributed by atoms with Crippen molar-refractivity contribution < 1.29 is 4.74 Å². The van der Waals surface area contributed by atoms with Crippen LogP contribution in [0, 0.1) is 5.92 Å². The van der Waals surface area contributed by atoms with Gasteiger partial charge in [-0.05, 0) is 47.8 Å². The maximum absolute atomic E-state index is 6.04. The molecule has 0 radical (unpaired) electrons. The number of alkyl halides is 1. The number of hydrogen-bond acceptors (Lipinski definition) is 1. The van der Waals surface area contributed by atoms with E-state index in [4.69, 9.17) is 16.3 Å². The summed E-state index contributed by atoms with van der Waals surface area (Å²) in [5.41, 5.74) is 2.79. The van der Waals surface area contributed by atoms with Crippen LogP contribution in [0.2, 0.25) is 0 Å². The van der Waals surface area contributed by atoms with E-state index in [-0.39, 0.29) is 5.41 Å². The van der Waals surface area contributed by atoms with Crippen molar-refractivity contribution in [3.05, 3.63) is 29.3 Å². The average molecular weight is 297 g/mol. The monoisotopic (exact) mass is 296 g/mol. The van der Waals surface area contributed by atoms with Crippen molar-refractivity contribution in [1.82, 2.24) is 0 Å². The highest BCUT2D eigenvalue weighted by molar-refractivity contribution is 6.17. The van der Waals surface area contributed by atoms with Crippen molar-refractivity contribution in [2.75, 3.05) is 12.5 Å². The molecule has 0 aliphatic carbocycles. The van der Waals surface area contributed by atoms with E-state index in [1.807, 2.05) is 0 Å². The van der Waals surface area contributed by atoms with Gasteiger partial charge in [0.25, 0.3) is 0 Å². The van der Waals surface area contributed by atoms with Crippen LogP contribution in [0.25, 0.3) is 0 Å². The van der Waals surface area contributed by atoms with E-state index in [9.17, 15) is 0 Å². The summed E-state index contributed by atoms with van der Waals surface area (Å²) in [6.45, 7) is 11.9. The van der Waals surface area contributed by atoms with Gasteiger partial charge in [-0.1, -0.05) is 46.8 Å². The van der Waals surface area contributed by atoms with Crippen molar-refractivity contribution in [2.24, 2.45) is 5.92 Å². The summed E-state index contributed by atoms with van der Waals surface area (Å²) in [6.07, 6.45) is 3.19. The Kier molecular flexibility index (Phi) is 6.88. The number of halogens is 1. The standard InChI is InChI=1S/C18H29ClO/c1-6-15-7-8-17(16(13-15)18(3,4)5)20-12-10-14(2)9-11-19/h7-8,13-14H,6,9-12H2,1-5H3. The highest BCUT2D eigenvalue weighted by Gasteiger charge is 2.19. The molecule has 0 bridgehead atoms. The smallest absolute Gasteiger partial charge is 0.123 e. The molecule has 1 aromatic carbocycles. The highest BCUT2D eigenvalue weighted by Crippen LogP contribution is 2.32.